The number of rotatable bonds is 5. The van der Waals surface area contributed by atoms with Crippen molar-refractivity contribution in [2.75, 3.05) is 7.11 Å². The first kappa shape index (κ1) is 18.4. The van der Waals surface area contributed by atoms with E-state index in [1.807, 2.05) is 48.6 Å². The van der Waals surface area contributed by atoms with Crippen molar-refractivity contribution in [3.8, 4) is 11.5 Å². The van der Waals surface area contributed by atoms with E-state index in [2.05, 4.69) is 0 Å². The standard InChI is InChI=1S/C24H24O4/c1-16-20(28-21-12-6-5-11-19(21)23(16)25)15-14-17-8-7-13-22(26-2)24(17)27-18-9-3-4-10-18/h5-8,11-15,18H,3-4,9-10H2,1-2H3. The van der Waals surface area contributed by atoms with Gasteiger partial charge in [-0.15, -0.1) is 0 Å². The van der Waals surface area contributed by atoms with Crippen molar-refractivity contribution in [1.82, 2.24) is 0 Å². The maximum Gasteiger partial charge on any atom is 0.196 e. The van der Waals surface area contributed by atoms with Crippen LogP contribution in [0.15, 0.2) is 51.7 Å². The summed E-state index contributed by atoms with van der Waals surface area (Å²) in [4.78, 5) is 12.6. The minimum absolute atomic E-state index is 0.00503. The van der Waals surface area contributed by atoms with E-state index in [4.69, 9.17) is 13.9 Å². The Morgan fingerprint density at radius 3 is 2.61 bits per heavy atom. The highest BCUT2D eigenvalue weighted by Gasteiger charge is 2.20. The van der Waals surface area contributed by atoms with Crippen molar-refractivity contribution in [1.29, 1.82) is 0 Å². The minimum Gasteiger partial charge on any atom is -0.493 e. The van der Waals surface area contributed by atoms with Gasteiger partial charge in [0.05, 0.1) is 18.6 Å². The number of benzene rings is 2. The Labute approximate surface area is 164 Å². The third-order valence-electron chi connectivity index (χ3n) is 5.29. The second kappa shape index (κ2) is 7.93. The monoisotopic (exact) mass is 376 g/mol. The smallest absolute Gasteiger partial charge is 0.196 e. The van der Waals surface area contributed by atoms with Crippen molar-refractivity contribution in [3.63, 3.8) is 0 Å². The highest BCUT2D eigenvalue weighted by molar-refractivity contribution is 5.80. The molecule has 0 radical (unpaired) electrons. The molecule has 0 spiro atoms. The predicted molar refractivity (Wildman–Crippen MR) is 112 cm³/mol. The van der Waals surface area contributed by atoms with Crippen molar-refractivity contribution < 1.29 is 13.9 Å². The lowest BCUT2D eigenvalue weighted by Gasteiger charge is -2.18. The number of hydrogen-bond acceptors (Lipinski definition) is 4. The van der Waals surface area contributed by atoms with Crippen LogP contribution in [0.3, 0.4) is 0 Å². The summed E-state index contributed by atoms with van der Waals surface area (Å²) in [5, 5.41) is 0.601. The molecule has 1 aliphatic carbocycles. The van der Waals surface area contributed by atoms with Crippen molar-refractivity contribution >= 4 is 23.1 Å². The highest BCUT2D eigenvalue weighted by Crippen LogP contribution is 2.36. The summed E-state index contributed by atoms with van der Waals surface area (Å²) in [6.07, 6.45) is 8.52. The number of methoxy groups -OCH3 is 1. The minimum atomic E-state index is -0.00503. The van der Waals surface area contributed by atoms with Gasteiger partial charge in [-0.25, -0.2) is 0 Å². The molecule has 1 saturated carbocycles. The van der Waals surface area contributed by atoms with Crippen LogP contribution in [0, 0.1) is 6.92 Å². The van der Waals surface area contributed by atoms with Gasteiger partial charge in [-0.2, -0.15) is 0 Å². The molecule has 0 amide bonds. The number of para-hydroxylation sites is 2. The highest BCUT2D eigenvalue weighted by atomic mass is 16.5. The summed E-state index contributed by atoms with van der Waals surface area (Å²) >= 11 is 0. The summed E-state index contributed by atoms with van der Waals surface area (Å²) in [6.45, 7) is 1.79. The molecule has 0 saturated heterocycles. The zero-order chi connectivity index (χ0) is 19.5. The van der Waals surface area contributed by atoms with Crippen LogP contribution < -0.4 is 14.9 Å². The number of fused-ring (bicyclic) bond motifs is 1. The molecule has 28 heavy (non-hydrogen) atoms. The van der Waals surface area contributed by atoms with Crippen LogP contribution in [0.2, 0.25) is 0 Å². The van der Waals surface area contributed by atoms with E-state index in [1.165, 1.54) is 12.8 Å². The third-order valence-corrected chi connectivity index (χ3v) is 5.29. The molecule has 3 aromatic rings. The summed E-state index contributed by atoms with van der Waals surface area (Å²) in [7, 11) is 1.65. The molecule has 4 heteroatoms. The lowest BCUT2D eigenvalue weighted by atomic mass is 10.1. The Morgan fingerprint density at radius 2 is 1.82 bits per heavy atom. The van der Waals surface area contributed by atoms with Crippen LogP contribution in [-0.4, -0.2) is 13.2 Å². The van der Waals surface area contributed by atoms with Gasteiger partial charge in [-0.05, 0) is 63.0 Å². The van der Waals surface area contributed by atoms with Gasteiger partial charge in [-0.1, -0.05) is 24.3 Å². The van der Waals surface area contributed by atoms with Gasteiger partial charge in [0.25, 0.3) is 0 Å². The van der Waals surface area contributed by atoms with Gasteiger partial charge in [-0.3, -0.25) is 4.79 Å². The van der Waals surface area contributed by atoms with Crippen LogP contribution in [0.25, 0.3) is 23.1 Å². The fraction of sp³-hybridized carbons (Fsp3) is 0.292. The van der Waals surface area contributed by atoms with Crippen molar-refractivity contribution in [2.45, 2.75) is 38.7 Å². The molecule has 144 valence electrons. The topological polar surface area (TPSA) is 48.7 Å². The molecule has 0 N–H and O–H groups in total. The molecule has 4 nitrogen and oxygen atoms in total. The van der Waals surface area contributed by atoms with Gasteiger partial charge >= 0.3 is 0 Å². The van der Waals surface area contributed by atoms with E-state index < -0.39 is 0 Å². The molecule has 1 aliphatic rings. The zero-order valence-corrected chi connectivity index (χ0v) is 16.2. The number of hydrogen-bond donors (Lipinski definition) is 0. The van der Waals surface area contributed by atoms with Gasteiger partial charge in [0, 0.05) is 11.1 Å². The Hall–Kier alpha value is -3.01. The molecule has 0 bridgehead atoms. The quantitative estimate of drug-likeness (QED) is 0.581. The fourth-order valence-electron chi connectivity index (χ4n) is 3.70. The zero-order valence-electron chi connectivity index (χ0n) is 16.2. The van der Waals surface area contributed by atoms with Crippen LogP contribution >= 0.6 is 0 Å². The first-order valence-corrected chi connectivity index (χ1v) is 9.71. The lowest BCUT2D eigenvalue weighted by molar-refractivity contribution is 0.200. The molecule has 1 fully saturated rings. The second-order valence-corrected chi connectivity index (χ2v) is 7.15. The predicted octanol–water partition coefficient (Wildman–Crippen LogP) is 5.60. The fourth-order valence-corrected chi connectivity index (χ4v) is 3.70. The molecular formula is C24H24O4. The first-order chi connectivity index (χ1) is 13.7. The summed E-state index contributed by atoms with van der Waals surface area (Å²) in [5.74, 6) is 2.01. The number of ether oxygens (including phenoxy) is 2. The molecule has 4 rings (SSSR count). The van der Waals surface area contributed by atoms with Crippen LogP contribution in [0.1, 0.15) is 42.6 Å². The molecule has 0 unspecified atom stereocenters. The average Bonchev–Trinajstić information content (AvgIpc) is 3.23. The van der Waals surface area contributed by atoms with E-state index in [9.17, 15) is 4.79 Å². The van der Waals surface area contributed by atoms with Gasteiger partial charge < -0.3 is 13.9 Å². The van der Waals surface area contributed by atoms with E-state index in [0.717, 1.165) is 24.2 Å². The van der Waals surface area contributed by atoms with Crippen LogP contribution in [-0.2, 0) is 0 Å². The molecule has 1 heterocycles. The van der Waals surface area contributed by atoms with Gasteiger partial charge in [0.1, 0.15) is 11.3 Å². The molecule has 0 atom stereocenters. The van der Waals surface area contributed by atoms with Gasteiger partial charge in [0.15, 0.2) is 16.9 Å². The van der Waals surface area contributed by atoms with E-state index in [1.54, 1.807) is 20.1 Å². The van der Waals surface area contributed by atoms with E-state index in [0.29, 0.717) is 28.0 Å². The lowest BCUT2D eigenvalue weighted by Crippen LogP contribution is -2.12. The largest absolute Gasteiger partial charge is 0.493 e. The van der Waals surface area contributed by atoms with Crippen molar-refractivity contribution in [2.24, 2.45) is 0 Å². The summed E-state index contributed by atoms with van der Waals surface area (Å²) in [6, 6.07) is 13.1. The van der Waals surface area contributed by atoms with Crippen LogP contribution in [0.5, 0.6) is 11.5 Å². The second-order valence-electron chi connectivity index (χ2n) is 7.15. The first-order valence-electron chi connectivity index (χ1n) is 9.71. The van der Waals surface area contributed by atoms with Crippen molar-refractivity contribution in [3.05, 3.63) is 69.6 Å². The Kier molecular flexibility index (Phi) is 5.20. The molecule has 0 aliphatic heterocycles. The molecular weight excluding hydrogens is 352 g/mol. The summed E-state index contributed by atoms with van der Waals surface area (Å²) in [5.41, 5.74) is 2.08. The average molecular weight is 376 g/mol. The van der Waals surface area contributed by atoms with E-state index in [-0.39, 0.29) is 11.5 Å². The summed E-state index contributed by atoms with van der Waals surface area (Å²) < 4.78 is 17.8. The SMILES string of the molecule is COc1cccc(C=Cc2oc3ccccc3c(=O)c2C)c1OC1CCCC1. The third kappa shape index (κ3) is 3.55. The van der Waals surface area contributed by atoms with E-state index >= 15 is 0 Å². The Morgan fingerprint density at radius 1 is 1.04 bits per heavy atom. The maximum atomic E-state index is 12.6. The Balaban J connectivity index is 1.73. The normalized spacial score (nSPS) is 14.8. The molecule has 2 aromatic carbocycles. The van der Waals surface area contributed by atoms with Crippen LogP contribution in [0.4, 0.5) is 0 Å². The Bertz CT molecular complexity index is 1070. The maximum absolute atomic E-state index is 12.6. The van der Waals surface area contributed by atoms with Gasteiger partial charge in [0.2, 0.25) is 0 Å². The molecule has 1 aromatic heterocycles.